The quantitative estimate of drug-likeness (QED) is 0.743. The summed E-state index contributed by atoms with van der Waals surface area (Å²) in [5, 5.41) is 2.85. The van der Waals surface area contributed by atoms with Crippen LogP contribution in [-0.4, -0.2) is 55.3 Å². The topological polar surface area (TPSA) is 52.7 Å². The molecule has 128 valence electrons. The molecule has 0 fully saturated rings. The van der Waals surface area contributed by atoms with Crippen LogP contribution in [0.25, 0.3) is 0 Å². The summed E-state index contributed by atoms with van der Waals surface area (Å²) >= 11 is 0. The summed E-state index contributed by atoms with van der Waals surface area (Å²) < 4.78 is 0. The Morgan fingerprint density at radius 2 is 1.74 bits per heavy atom. The third-order valence-corrected chi connectivity index (χ3v) is 3.83. The van der Waals surface area contributed by atoms with Crippen LogP contribution in [0.1, 0.15) is 26.3 Å². The Balaban J connectivity index is 2.71. The fourth-order valence-corrected chi connectivity index (χ4v) is 2.24. The van der Waals surface area contributed by atoms with Crippen LogP contribution in [0.15, 0.2) is 30.3 Å². The molecule has 0 spiro atoms. The molecule has 2 amide bonds. The lowest BCUT2D eigenvalue weighted by atomic mass is 9.90. The lowest BCUT2D eigenvalue weighted by Crippen LogP contribution is -2.50. The van der Waals surface area contributed by atoms with E-state index in [2.05, 4.69) is 5.32 Å². The molecule has 1 aromatic rings. The van der Waals surface area contributed by atoms with Crippen molar-refractivity contribution in [1.29, 1.82) is 0 Å². The predicted molar refractivity (Wildman–Crippen MR) is 92.9 cm³/mol. The highest BCUT2D eigenvalue weighted by Crippen LogP contribution is 2.20. The lowest BCUT2D eigenvalue weighted by molar-refractivity contribution is -0.148. The van der Waals surface area contributed by atoms with Gasteiger partial charge in [0.1, 0.15) is 5.41 Å². The van der Waals surface area contributed by atoms with Gasteiger partial charge in [-0.1, -0.05) is 30.3 Å². The van der Waals surface area contributed by atoms with E-state index in [-0.39, 0.29) is 11.8 Å². The van der Waals surface area contributed by atoms with Gasteiger partial charge in [-0.25, -0.2) is 0 Å². The normalized spacial score (nSPS) is 11.4. The van der Waals surface area contributed by atoms with Crippen molar-refractivity contribution in [3.05, 3.63) is 35.9 Å². The number of hydrogen-bond acceptors (Lipinski definition) is 3. The van der Waals surface area contributed by atoms with E-state index in [4.69, 9.17) is 0 Å². The van der Waals surface area contributed by atoms with Gasteiger partial charge in [0, 0.05) is 26.2 Å². The average Bonchev–Trinajstić information content (AvgIpc) is 2.52. The molecule has 1 N–H and O–H groups in total. The lowest BCUT2D eigenvalue weighted by Gasteiger charge is -2.30. The van der Waals surface area contributed by atoms with Crippen LogP contribution in [0.3, 0.4) is 0 Å². The van der Waals surface area contributed by atoms with Gasteiger partial charge in [-0.15, -0.1) is 0 Å². The van der Waals surface area contributed by atoms with Crippen LogP contribution in [0, 0.1) is 5.41 Å². The van der Waals surface area contributed by atoms with Crippen molar-refractivity contribution in [3.63, 3.8) is 0 Å². The Morgan fingerprint density at radius 3 is 2.26 bits per heavy atom. The molecule has 5 nitrogen and oxygen atoms in total. The highest BCUT2D eigenvalue weighted by atomic mass is 16.2. The van der Waals surface area contributed by atoms with Gasteiger partial charge in [-0.2, -0.15) is 0 Å². The smallest absolute Gasteiger partial charge is 0.237 e. The summed E-state index contributed by atoms with van der Waals surface area (Å²) in [6.07, 6.45) is 0. The fourth-order valence-electron chi connectivity index (χ4n) is 2.24. The Morgan fingerprint density at radius 1 is 1.13 bits per heavy atom. The minimum atomic E-state index is -1.07. The van der Waals surface area contributed by atoms with Crippen molar-refractivity contribution in [2.75, 3.05) is 33.7 Å². The molecular weight excluding hydrogens is 290 g/mol. The fraction of sp³-hybridized carbons (Fsp3) is 0.556. The number of nitrogens with zero attached hydrogens (tertiary/aromatic N) is 2. The zero-order valence-corrected chi connectivity index (χ0v) is 14.9. The van der Waals surface area contributed by atoms with Crippen molar-refractivity contribution in [2.45, 2.75) is 27.3 Å². The number of nitrogens with one attached hydrogen (secondary N) is 1. The molecule has 1 rings (SSSR count). The molecule has 0 unspecified atom stereocenters. The largest absolute Gasteiger partial charge is 0.354 e. The van der Waals surface area contributed by atoms with E-state index in [9.17, 15) is 9.59 Å². The SMILES string of the molecule is CCN(Cc1ccccc1)C(=O)C(C)(C)C(=O)NCCN(C)C. The van der Waals surface area contributed by atoms with Crippen LogP contribution >= 0.6 is 0 Å². The van der Waals surface area contributed by atoms with Gasteiger partial charge in [-0.05, 0) is 40.4 Å². The van der Waals surface area contributed by atoms with Gasteiger partial charge in [0.2, 0.25) is 11.8 Å². The number of hydrogen-bond donors (Lipinski definition) is 1. The zero-order chi connectivity index (χ0) is 17.5. The van der Waals surface area contributed by atoms with Crippen molar-refractivity contribution in [3.8, 4) is 0 Å². The van der Waals surface area contributed by atoms with E-state index in [1.807, 2.05) is 56.3 Å². The Hall–Kier alpha value is -1.88. The van der Waals surface area contributed by atoms with E-state index in [1.165, 1.54) is 0 Å². The molecule has 0 radical (unpaired) electrons. The molecule has 0 atom stereocenters. The predicted octanol–water partition coefficient (Wildman–Crippen LogP) is 1.74. The molecule has 0 aliphatic carbocycles. The highest BCUT2D eigenvalue weighted by molar-refractivity contribution is 6.04. The van der Waals surface area contributed by atoms with E-state index >= 15 is 0 Å². The summed E-state index contributed by atoms with van der Waals surface area (Å²) in [6.45, 7) is 7.68. The van der Waals surface area contributed by atoms with Crippen LogP contribution < -0.4 is 5.32 Å². The van der Waals surface area contributed by atoms with E-state index < -0.39 is 5.41 Å². The molecule has 0 aliphatic heterocycles. The first-order chi connectivity index (χ1) is 10.8. The maximum absolute atomic E-state index is 12.8. The Kier molecular flexibility index (Phi) is 7.23. The average molecular weight is 319 g/mol. The second-order valence-electron chi connectivity index (χ2n) is 6.49. The van der Waals surface area contributed by atoms with Gasteiger partial charge in [0.25, 0.3) is 0 Å². The maximum atomic E-state index is 12.8. The second kappa shape index (κ2) is 8.67. The first kappa shape index (κ1) is 19.2. The number of carbonyl (C=O) groups is 2. The maximum Gasteiger partial charge on any atom is 0.237 e. The number of benzene rings is 1. The number of carbonyl (C=O) groups excluding carboxylic acids is 2. The van der Waals surface area contributed by atoms with Crippen molar-refractivity contribution in [2.24, 2.45) is 5.41 Å². The third-order valence-electron chi connectivity index (χ3n) is 3.83. The van der Waals surface area contributed by atoms with Crippen LogP contribution in [-0.2, 0) is 16.1 Å². The van der Waals surface area contributed by atoms with E-state index in [0.717, 1.165) is 12.1 Å². The standard InChI is InChI=1S/C18H29N3O2/c1-6-21(14-15-10-8-7-9-11-15)17(23)18(2,3)16(22)19-12-13-20(4)5/h7-11H,6,12-14H2,1-5H3,(H,19,22). The Bertz CT molecular complexity index is 512. The number of rotatable bonds is 8. The van der Waals surface area contributed by atoms with Crippen molar-refractivity contribution >= 4 is 11.8 Å². The molecule has 0 saturated carbocycles. The summed E-state index contributed by atoms with van der Waals surface area (Å²) in [5.74, 6) is -0.373. The molecule has 0 heterocycles. The zero-order valence-electron chi connectivity index (χ0n) is 14.9. The molecule has 0 aromatic heterocycles. The molecule has 1 aromatic carbocycles. The van der Waals surface area contributed by atoms with Crippen LogP contribution in [0.4, 0.5) is 0 Å². The minimum Gasteiger partial charge on any atom is -0.354 e. The van der Waals surface area contributed by atoms with E-state index in [1.54, 1.807) is 18.7 Å². The summed E-state index contributed by atoms with van der Waals surface area (Å²) in [7, 11) is 3.89. The molecule has 0 saturated heterocycles. The van der Waals surface area contributed by atoms with Gasteiger partial charge < -0.3 is 15.1 Å². The van der Waals surface area contributed by atoms with E-state index in [0.29, 0.717) is 19.6 Å². The monoisotopic (exact) mass is 319 g/mol. The minimum absolute atomic E-state index is 0.147. The summed E-state index contributed by atoms with van der Waals surface area (Å²) in [5.41, 5.74) is -0.0107. The van der Waals surface area contributed by atoms with Gasteiger partial charge in [-0.3, -0.25) is 9.59 Å². The van der Waals surface area contributed by atoms with Gasteiger partial charge in [0.05, 0.1) is 0 Å². The van der Waals surface area contributed by atoms with Crippen molar-refractivity contribution < 1.29 is 9.59 Å². The number of amides is 2. The van der Waals surface area contributed by atoms with Gasteiger partial charge in [0.15, 0.2) is 0 Å². The molecular formula is C18H29N3O2. The molecule has 0 aliphatic rings. The first-order valence-corrected chi connectivity index (χ1v) is 8.05. The van der Waals surface area contributed by atoms with Crippen LogP contribution in [0.2, 0.25) is 0 Å². The third kappa shape index (κ3) is 5.67. The van der Waals surface area contributed by atoms with Gasteiger partial charge >= 0.3 is 0 Å². The summed E-state index contributed by atoms with van der Waals surface area (Å²) in [6, 6.07) is 9.82. The second-order valence-corrected chi connectivity index (χ2v) is 6.49. The molecule has 0 bridgehead atoms. The highest BCUT2D eigenvalue weighted by Gasteiger charge is 2.38. The molecule has 23 heavy (non-hydrogen) atoms. The first-order valence-electron chi connectivity index (χ1n) is 8.05. The summed E-state index contributed by atoms with van der Waals surface area (Å²) in [4.78, 5) is 28.9. The Labute approximate surface area is 139 Å². The number of likely N-dealkylation sites (N-methyl/N-ethyl adjacent to an activating group) is 1. The van der Waals surface area contributed by atoms with Crippen molar-refractivity contribution in [1.82, 2.24) is 15.1 Å². The molecule has 5 heteroatoms. The van der Waals surface area contributed by atoms with Crippen LogP contribution in [0.5, 0.6) is 0 Å².